The molecule has 2 unspecified atom stereocenters. The van der Waals surface area contributed by atoms with E-state index in [0.717, 1.165) is 51.9 Å². The van der Waals surface area contributed by atoms with Crippen LogP contribution in [0.15, 0.2) is 71.6 Å². The Kier molecular flexibility index (Phi) is 9.95. The van der Waals surface area contributed by atoms with Gasteiger partial charge in [-0.05, 0) is 61.0 Å². The van der Waals surface area contributed by atoms with Gasteiger partial charge in [-0.3, -0.25) is 9.59 Å². The summed E-state index contributed by atoms with van der Waals surface area (Å²) >= 11 is 1.53. The minimum Gasteiger partial charge on any atom is -0.497 e. The van der Waals surface area contributed by atoms with E-state index in [-0.39, 0.29) is 5.91 Å². The Morgan fingerprint density at radius 3 is 2.17 bits per heavy atom. The average molecular weight is 565 g/mol. The molecule has 0 N–H and O–H groups in total. The molecule has 40 heavy (non-hydrogen) atoms. The molecular weight excluding hydrogens is 528 g/mol. The number of hydrogen-bond acceptors (Lipinski definition) is 8. The molecule has 1 heterocycles. The number of benzene rings is 3. The number of methoxy groups -OCH3 is 3. The monoisotopic (exact) mass is 564 g/mol. The van der Waals surface area contributed by atoms with Crippen LogP contribution in [-0.4, -0.2) is 70.9 Å². The molecule has 1 amide bonds. The van der Waals surface area contributed by atoms with Gasteiger partial charge < -0.3 is 28.7 Å². The van der Waals surface area contributed by atoms with Gasteiger partial charge in [-0.1, -0.05) is 24.3 Å². The van der Waals surface area contributed by atoms with Crippen LogP contribution in [0, 0.1) is 0 Å². The van der Waals surface area contributed by atoms with Crippen molar-refractivity contribution in [3.8, 4) is 17.2 Å². The number of rotatable bonds is 11. The lowest BCUT2D eigenvalue weighted by Gasteiger charge is -2.29. The molecule has 1 aliphatic rings. The highest BCUT2D eigenvalue weighted by Crippen LogP contribution is 2.46. The number of fused-ring (bicyclic) bond motifs is 1. The molecular formula is C31H36N2O6S. The fourth-order valence-corrected chi connectivity index (χ4v) is 5.97. The standard InChI is InChI=1S/C31H36N2O6S/c1-21(34)39-29-30(23-10-12-24(36-3)13-11-23)40-28-9-7-6-8-27(28)33(31(29)35)17-16-32(2)15-14-22-18-25(37-4)20-26(19-22)38-5/h6-13,18-20,29-30H,14-17H2,1-5H3. The number of likely N-dealkylation sites (N-methyl/N-ethyl adjacent to an activating group) is 1. The van der Waals surface area contributed by atoms with Crippen LogP contribution in [0.5, 0.6) is 17.2 Å². The van der Waals surface area contributed by atoms with E-state index in [2.05, 4.69) is 4.90 Å². The Balaban J connectivity index is 1.54. The molecule has 4 rings (SSSR count). The van der Waals surface area contributed by atoms with Gasteiger partial charge in [0.05, 0.1) is 32.3 Å². The summed E-state index contributed by atoms with van der Waals surface area (Å²) < 4.78 is 21.8. The molecule has 0 spiro atoms. The summed E-state index contributed by atoms with van der Waals surface area (Å²) in [5, 5.41) is -0.408. The molecule has 0 saturated carbocycles. The third kappa shape index (κ3) is 7.08. The molecule has 0 bridgehead atoms. The molecule has 0 aromatic heterocycles. The van der Waals surface area contributed by atoms with Gasteiger partial charge in [-0.15, -0.1) is 11.8 Å². The Labute approximate surface area is 240 Å². The smallest absolute Gasteiger partial charge is 0.303 e. The van der Waals surface area contributed by atoms with Crippen LogP contribution in [-0.2, 0) is 20.7 Å². The molecule has 0 saturated heterocycles. The number of nitrogens with zero attached hydrogens (tertiary/aromatic N) is 2. The first-order valence-electron chi connectivity index (χ1n) is 13.1. The van der Waals surface area contributed by atoms with Gasteiger partial charge in [-0.25, -0.2) is 0 Å². The van der Waals surface area contributed by atoms with Crippen molar-refractivity contribution in [1.82, 2.24) is 4.90 Å². The maximum absolute atomic E-state index is 14.0. The minimum atomic E-state index is -0.974. The summed E-state index contributed by atoms with van der Waals surface area (Å²) in [4.78, 5) is 31.1. The topological polar surface area (TPSA) is 77.5 Å². The molecule has 3 aromatic carbocycles. The zero-order chi connectivity index (χ0) is 28.6. The summed E-state index contributed by atoms with van der Waals surface area (Å²) in [7, 11) is 6.92. The number of amides is 1. The van der Waals surface area contributed by atoms with Crippen molar-refractivity contribution in [1.29, 1.82) is 0 Å². The Hall–Kier alpha value is -3.69. The summed E-state index contributed by atoms with van der Waals surface area (Å²) in [6.45, 7) is 3.19. The minimum absolute atomic E-state index is 0.237. The van der Waals surface area contributed by atoms with Gasteiger partial charge >= 0.3 is 5.97 Å². The summed E-state index contributed by atoms with van der Waals surface area (Å²) in [6, 6.07) is 21.2. The van der Waals surface area contributed by atoms with E-state index in [1.165, 1.54) is 18.7 Å². The normalized spacial score (nSPS) is 16.8. The third-order valence-electron chi connectivity index (χ3n) is 6.83. The van der Waals surface area contributed by atoms with Gasteiger partial charge in [0.15, 0.2) is 6.10 Å². The highest BCUT2D eigenvalue weighted by molar-refractivity contribution is 7.99. The highest BCUT2D eigenvalue weighted by atomic mass is 32.2. The molecule has 212 valence electrons. The van der Waals surface area contributed by atoms with E-state index >= 15 is 0 Å². The van der Waals surface area contributed by atoms with E-state index < -0.39 is 17.3 Å². The van der Waals surface area contributed by atoms with Crippen molar-refractivity contribution in [3.05, 3.63) is 77.9 Å². The maximum Gasteiger partial charge on any atom is 0.303 e. The van der Waals surface area contributed by atoms with Crippen LogP contribution in [0.25, 0.3) is 0 Å². The van der Waals surface area contributed by atoms with Gasteiger partial charge in [-0.2, -0.15) is 0 Å². The van der Waals surface area contributed by atoms with Gasteiger partial charge in [0.25, 0.3) is 5.91 Å². The fourth-order valence-electron chi connectivity index (χ4n) is 4.65. The van der Waals surface area contributed by atoms with Crippen LogP contribution in [0.2, 0.25) is 0 Å². The van der Waals surface area contributed by atoms with Crippen molar-refractivity contribution in [2.24, 2.45) is 0 Å². The van der Waals surface area contributed by atoms with Crippen LogP contribution >= 0.6 is 11.8 Å². The Morgan fingerprint density at radius 2 is 1.55 bits per heavy atom. The van der Waals surface area contributed by atoms with Gasteiger partial charge in [0.1, 0.15) is 17.2 Å². The number of thioether (sulfide) groups is 1. The number of hydrogen-bond donors (Lipinski definition) is 0. The first-order chi connectivity index (χ1) is 19.3. The zero-order valence-electron chi connectivity index (χ0n) is 23.6. The predicted molar refractivity (Wildman–Crippen MR) is 157 cm³/mol. The van der Waals surface area contributed by atoms with Crippen molar-refractivity contribution in [2.45, 2.75) is 29.6 Å². The predicted octanol–water partition coefficient (Wildman–Crippen LogP) is 5.00. The highest BCUT2D eigenvalue weighted by Gasteiger charge is 2.40. The Morgan fingerprint density at radius 1 is 0.900 bits per heavy atom. The SMILES string of the molecule is COc1ccc(C2Sc3ccccc3N(CCN(C)CCc3cc(OC)cc(OC)c3)C(=O)C2OC(C)=O)cc1. The maximum atomic E-state index is 14.0. The first-order valence-corrected chi connectivity index (χ1v) is 14.0. The second kappa shape index (κ2) is 13.6. The zero-order valence-corrected chi connectivity index (χ0v) is 24.4. The number of esters is 1. The molecule has 2 atom stereocenters. The average Bonchev–Trinajstić information content (AvgIpc) is 3.08. The summed E-state index contributed by atoms with van der Waals surface area (Å²) in [5.41, 5.74) is 2.80. The van der Waals surface area contributed by atoms with Crippen molar-refractivity contribution >= 4 is 29.3 Å². The Bertz CT molecular complexity index is 1290. The van der Waals surface area contributed by atoms with Crippen molar-refractivity contribution < 1.29 is 28.5 Å². The lowest BCUT2D eigenvalue weighted by atomic mass is 10.1. The van der Waals surface area contributed by atoms with E-state index in [9.17, 15) is 9.59 Å². The second-order valence-corrected chi connectivity index (χ2v) is 10.8. The van der Waals surface area contributed by atoms with Crippen LogP contribution in [0.4, 0.5) is 5.69 Å². The number of carbonyl (C=O) groups excluding carboxylic acids is 2. The molecule has 8 nitrogen and oxygen atoms in total. The van der Waals surface area contributed by atoms with Crippen LogP contribution < -0.4 is 19.1 Å². The van der Waals surface area contributed by atoms with Gasteiger partial charge in [0, 0.05) is 37.5 Å². The van der Waals surface area contributed by atoms with Crippen LogP contribution in [0.1, 0.15) is 23.3 Å². The quantitative estimate of drug-likeness (QED) is 0.301. The van der Waals surface area contributed by atoms with Crippen molar-refractivity contribution in [3.63, 3.8) is 0 Å². The first kappa shape index (κ1) is 29.3. The lowest BCUT2D eigenvalue weighted by molar-refractivity contribution is -0.152. The van der Waals surface area contributed by atoms with Crippen molar-refractivity contribution in [2.75, 3.05) is 52.9 Å². The number of anilines is 1. The van der Waals surface area contributed by atoms with E-state index in [1.807, 2.05) is 73.8 Å². The lowest BCUT2D eigenvalue weighted by Crippen LogP contribution is -2.45. The number of para-hydroxylation sites is 1. The second-order valence-electron chi connectivity index (χ2n) is 9.57. The molecule has 9 heteroatoms. The van der Waals surface area contributed by atoms with E-state index in [0.29, 0.717) is 13.1 Å². The molecule has 3 aromatic rings. The summed E-state index contributed by atoms with van der Waals surface area (Å²) in [6.07, 6.45) is -0.182. The van der Waals surface area contributed by atoms with E-state index in [1.54, 1.807) is 26.2 Å². The van der Waals surface area contributed by atoms with Crippen LogP contribution in [0.3, 0.4) is 0 Å². The molecule has 0 aliphatic carbocycles. The number of carbonyl (C=O) groups is 2. The molecule has 0 radical (unpaired) electrons. The fraction of sp³-hybridized carbons (Fsp3) is 0.355. The van der Waals surface area contributed by atoms with E-state index in [4.69, 9.17) is 18.9 Å². The molecule has 0 fully saturated rings. The largest absolute Gasteiger partial charge is 0.497 e. The molecule has 1 aliphatic heterocycles. The van der Waals surface area contributed by atoms with Gasteiger partial charge in [0.2, 0.25) is 0 Å². The number of ether oxygens (including phenoxy) is 4. The summed E-state index contributed by atoms with van der Waals surface area (Å²) in [5.74, 6) is 1.50. The third-order valence-corrected chi connectivity index (χ3v) is 8.20.